The maximum atomic E-state index is 5.82. The summed E-state index contributed by atoms with van der Waals surface area (Å²) in [5, 5.41) is 3.37. The van der Waals surface area contributed by atoms with Crippen molar-refractivity contribution >= 4 is 23.0 Å². The molecule has 20 heavy (non-hydrogen) atoms. The number of rotatable bonds is 4. The number of hydrogen-bond donors (Lipinski definition) is 2. The van der Waals surface area contributed by atoms with Gasteiger partial charge in [-0.05, 0) is 44.0 Å². The quantitative estimate of drug-likeness (QED) is 0.846. The largest absolute Gasteiger partial charge is 0.389 e. The number of pyridine rings is 2. The van der Waals surface area contributed by atoms with E-state index in [-0.39, 0.29) is 6.04 Å². The molecular weight excluding hydrogens is 268 g/mol. The maximum absolute atomic E-state index is 5.82. The molecule has 4 nitrogen and oxygen atoms in total. The van der Waals surface area contributed by atoms with E-state index in [9.17, 15) is 0 Å². The molecule has 0 fully saturated rings. The van der Waals surface area contributed by atoms with Crippen molar-refractivity contribution in [3.8, 4) is 0 Å². The Morgan fingerprint density at radius 1 is 1.40 bits per heavy atom. The van der Waals surface area contributed by atoms with Crippen LogP contribution in [0.1, 0.15) is 35.3 Å². The van der Waals surface area contributed by atoms with Crippen molar-refractivity contribution in [1.82, 2.24) is 9.97 Å². The Labute approximate surface area is 124 Å². The van der Waals surface area contributed by atoms with Gasteiger partial charge in [-0.25, -0.2) is 4.98 Å². The molecule has 0 amide bonds. The summed E-state index contributed by atoms with van der Waals surface area (Å²) in [6.07, 6.45) is 3.59. The topological polar surface area (TPSA) is 63.8 Å². The van der Waals surface area contributed by atoms with E-state index in [0.29, 0.717) is 4.99 Å². The van der Waals surface area contributed by atoms with Gasteiger partial charge in [0.1, 0.15) is 10.8 Å². The summed E-state index contributed by atoms with van der Waals surface area (Å²) in [4.78, 5) is 9.01. The number of nitrogens with zero attached hydrogens (tertiary/aromatic N) is 2. The molecule has 104 valence electrons. The molecule has 1 unspecified atom stereocenters. The van der Waals surface area contributed by atoms with Gasteiger partial charge in [0.25, 0.3) is 0 Å². The Hall–Kier alpha value is -2.01. The second-order valence-electron chi connectivity index (χ2n) is 4.82. The standard InChI is InChI=1S/C15H18N4S/c1-9-7-10(2)18-15(13(9)14(16)20)19-11(3)12-5-4-6-17-8-12/h4-8,11H,1-3H3,(H2,16,20)(H,18,19). The van der Waals surface area contributed by atoms with Gasteiger partial charge in [-0.2, -0.15) is 0 Å². The summed E-state index contributed by atoms with van der Waals surface area (Å²) in [5.74, 6) is 0.728. The second kappa shape index (κ2) is 5.96. The zero-order chi connectivity index (χ0) is 14.7. The van der Waals surface area contributed by atoms with Crippen LogP contribution in [0.3, 0.4) is 0 Å². The predicted octanol–water partition coefficient (Wildman–Crippen LogP) is 2.90. The minimum atomic E-state index is 0.0745. The molecule has 5 heteroatoms. The Morgan fingerprint density at radius 3 is 2.75 bits per heavy atom. The fourth-order valence-electron chi connectivity index (χ4n) is 2.17. The zero-order valence-corrected chi connectivity index (χ0v) is 12.7. The Morgan fingerprint density at radius 2 is 2.15 bits per heavy atom. The first-order chi connectivity index (χ1) is 9.49. The first-order valence-electron chi connectivity index (χ1n) is 6.43. The van der Waals surface area contributed by atoms with E-state index in [1.54, 1.807) is 6.20 Å². The van der Waals surface area contributed by atoms with Crippen LogP contribution in [0.25, 0.3) is 0 Å². The smallest absolute Gasteiger partial charge is 0.137 e. The third kappa shape index (κ3) is 3.11. The molecule has 0 aliphatic carbocycles. The first kappa shape index (κ1) is 14.4. The Balaban J connectivity index is 2.36. The van der Waals surface area contributed by atoms with Gasteiger partial charge in [-0.15, -0.1) is 0 Å². The molecular formula is C15H18N4S. The van der Waals surface area contributed by atoms with E-state index in [0.717, 1.165) is 28.2 Å². The van der Waals surface area contributed by atoms with Gasteiger partial charge in [0.2, 0.25) is 0 Å². The molecule has 0 spiro atoms. The minimum absolute atomic E-state index is 0.0745. The molecule has 0 aliphatic heterocycles. The lowest BCUT2D eigenvalue weighted by Crippen LogP contribution is -2.18. The fourth-order valence-corrected chi connectivity index (χ4v) is 2.43. The van der Waals surface area contributed by atoms with Gasteiger partial charge in [0, 0.05) is 18.1 Å². The minimum Gasteiger partial charge on any atom is -0.389 e. The number of aryl methyl sites for hydroxylation is 2. The van der Waals surface area contributed by atoms with Crippen LogP contribution in [0.4, 0.5) is 5.82 Å². The number of aromatic nitrogens is 2. The Bertz CT molecular complexity index is 625. The van der Waals surface area contributed by atoms with Crippen LogP contribution >= 0.6 is 12.2 Å². The summed E-state index contributed by atoms with van der Waals surface area (Å²) < 4.78 is 0. The lowest BCUT2D eigenvalue weighted by Gasteiger charge is -2.18. The summed E-state index contributed by atoms with van der Waals surface area (Å²) in [6.45, 7) is 6.00. The van der Waals surface area contributed by atoms with Gasteiger partial charge in [-0.1, -0.05) is 18.3 Å². The normalized spacial score (nSPS) is 11.9. The molecule has 0 radical (unpaired) electrons. The molecule has 0 saturated carbocycles. The summed E-state index contributed by atoms with van der Waals surface area (Å²) in [5.41, 5.74) is 9.68. The van der Waals surface area contributed by atoms with E-state index in [1.165, 1.54) is 0 Å². The van der Waals surface area contributed by atoms with Crippen LogP contribution in [0.5, 0.6) is 0 Å². The highest BCUT2D eigenvalue weighted by Gasteiger charge is 2.14. The van der Waals surface area contributed by atoms with Crippen LogP contribution in [0.15, 0.2) is 30.6 Å². The van der Waals surface area contributed by atoms with Gasteiger partial charge in [0.15, 0.2) is 0 Å². The highest BCUT2D eigenvalue weighted by atomic mass is 32.1. The van der Waals surface area contributed by atoms with Crippen LogP contribution in [0.2, 0.25) is 0 Å². The van der Waals surface area contributed by atoms with Gasteiger partial charge < -0.3 is 11.1 Å². The number of thiocarbonyl (C=S) groups is 1. The van der Waals surface area contributed by atoms with Crippen LogP contribution in [-0.2, 0) is 0 Å². The number of anilines is 1. The van der Waals surface area contributed by atoms with E-state index in [1.807, 2.05) is 38.2 Å². The number of hydrogen-bond acceptors (Lipinski definition) is 4. The van der Waals surface area contributed by atoms with E-state index >= 15 is 0 Å². The molecule has 2 heterocycles. The predicted molar refractivity (Wildman–Crippen MR) is 85.9 cm³/mol. The maximum Gasteiger partial charge on any atom is 0.137 e. The molecule has 1 atom stereocenters. The third-order valence-electron chi connectivity index (χ3n) is 3.13. The van der Waals surface area contributed by atoms with Crippen molar-refractivity contribution in [2.75, 3.05) is 5.32 Å². The highest BCUT2D eigenvalue weighted by Crippen LogP contribution is 2.23. The number of nitrogens with two attached hydrogens (primary N) is 1. The lowest BCUT2D eigenvalue weighted by molar-refractivity contribution is 0.863. The summed E-state index contributed by atoms with van der Waals surface area (Å²) in [6, 6.07) is 5.99. The van der Waals surface area contributed by atoms with Gasteiger partial charge >= 0.3 is 0 Å². The number of nitrogens with one attached hydrogen (secondary N) is 1. The van der Waals surface area contributed by atoms with Gasteiger partial charge in [0.05, 0.1) is 11.6 Å². The zero-order valence-electron chi connectivity index (χ0n) is 11.8. The molecule has 0 bridgehead atoms. The monoisotopic (exact) mass is 286 g/mol. The third-order valence-corrected chi connectivity index (χ3v) is 3.33. The SMILES string of the molecule is Cc1cc(C)c(C(N)=S)c(NC(C)c2cccnc2)n1. The fraction of sp³-hybridized carbons (Fsp3) is 0.267. The lowest BCUT2D eigenvalue weighted by atomic mass is 10.1. The Kier molecular flexibility index (Phi) is 4.29. The molecule has 2 aromatic rings. The summed E-state index contributed by atoms with van der Waals surface area (Å²) in [7, 11) is 0. The van der Waals surface area contributed by atoms with Crippen molar-refractivity contribution in [3.63, 3.8) is 0 Å². The second-order valence-corrected chi connectivity index (χ2v) is 5.26. The van der Waals surface area contributed by atoms with E-state index in [4.69, 9.17) is 18.0 Å². The molecule has 2 aromatic heterocycles. The molecule has 0 aromatic carbocycles. The molecule has 3 N–H and O–H groups in total. The van der Waals surface area contributed by atoms with Crippen molar-refractivity contribution in [2.45, 2.75) is 26.8 Å². The average molecular weight is 286 g/mol. The molecule has 2 rings (SSSR count). The van der Waals surface area contributed by atoms with Crippen molar-refractivity contribution < 1.29 is 0 Å². The first-order valence-corrected chi connectivity index (χ1v) is 6.84. The van der Waals surface area contributed by atoms with E-state index in [2.05, 4.69) is 22.2 Å². The highest BCUT2D eigenvalue weighted by molar-refractivity contribution is 7.80. The molecule has 0 aliphatic rings. The van der Waals surface area contributed by atoms with Crippen LogP contribution in [-0.4, -0.2) is 15.0 Å². The van der Waals surface area contributed by atoms with Gasteiger partial charge in [-0.3, -0.25) is 4.98 Å². The average Bonchev–Trinajstić information content (AvgIpc) is 2.38. The van der Waals surface area contributed by atoms with Crippen LogP contribution in [0, 0.1) is 13.8 Å². The van der Waals surface area contributed by atoms with Crippen molar-refractivity contribution in [3.05, 3.63) is 53.0 Å². The van der Waals surface area contributed by atoms with Crippen molar-refractivity contribution in [1.29, 1.82) is 0 Å². The summed E-state index contributed by atoms with van der Waals surface area (Å²) >= 11 is 5.14. The van der Waals surface area contributed by atoms with Crippen LogP contribution < -0.4 is 11.1 Å². The molecule has 0 saturated heterocycles. The van der Waals surface area contributed by atoms with Crippen molar-refractivity contribution in [2.24, 2.45) is 5.73 Å². The van der Waals surface area contributed by atoms with E-state index < -0.39 is 0 Å².